The lowest BCUT2D eigenvalue weighted by Gasteiger charge is -2.12. The lowest BCUT2D eigenvalue weighted by Crippen LogP contribution is -2.16. The number of hydrogen-bond donors (Lipinski definition) is 0. The molecule has 0 aliphatic heterocycles. The summed E-state index contributed by atoms with van der Waals surface area (Å²) in [6.45, 7) is 2.72. The van der Waals surface area contributed by atoms with Crippen LogP contribution in [-0.4, -0.2) is 22.2 Å². The van der Waals surface area contributed by atoms with Gasteiger partial charge in [0.05, 0.1) is 17.2 Å². The molecule has 2 aromatic heterocycles. The van der Waals surface area contributed by atoms with Crippen LogP contribution in [0.4, 0.5) is 9.52 Å². The maximum Gasteiger partial charge on any atom is 0.208 e. The van der Waals surface area contributed by atoms with Crippen molar-refractivity contribution in [2.45, 2.75) is 19.9 Å². The lowest BCUT2D eigenvalue weighted by molar-refractivity contribution is 0.627. The second-order valence-electron chi connectivity index (χ2n) is 5.00. The smallest absolute Gasteiger partial charge is 0.208 e. The SMILES string of the molecule is Cc1nc(CN(C)c2nnc(Cc3ccc(F)cc3)s2)cs1. The fourth-order valence-electron chi connectivity index (χ4n) is 2.04. The van der Waals surface area contributed by atoms with E-state index >= 15 is 0 Å². The number of rotatable bonds is 5. The van der Waals surface area contributed by atoms with Gasteiger partial charge in [-0.3, -0.25) is 0 Å². The van der Waals surface area contributed by atoms with Crippen molar-refractivity contribution < 1.29 is 4.39 Å². The standard InChI is InChI=1S/C15H15FN4S2/c1-10-17-13(9-21-10)8-20(2)15-19-18-14(22-15)7-11-3-5-12(16)6-4-11/h3-6,9H,7-8H2,1-2H3. The summed E-state index contributed by atoms with van der Waals surface area (Å²) in [4.78, 5) is 6.50. The predicted molar refractivity (Wildman–Crippen MR) is 88.1 cm³/mol. The van der Waals surface area contributed by atoms with E-state index in [0.29, 0.717) is 6.42 Å². The van der Waals surface area contributed by atoms with Gasteiger partial charge in [0.15, 0.2) is 0 Å². The van der Waals surface area contributed by atoms with Crippen molar-refractivity contribution >= 4 is 27.8 Å². The van der Waals surface area contributed by atoms with Crippen molar-refractivity contribution in [3.8, 4) is 0 Å². The first-order valence-electron chi connectivity index (χ1n) is 6.79. The van der Waals surface area contributed by atoms with Crippen molar-refractivity contribution in [2.75, 3.05) is 11.9 Å². The van der Waals surface area contributed by atoms with E-state index in [1.165, 1.54) is 12.1 Å². The van der Waals surface area contributed by atoms with E-state index in [-0.39, 0.29) is 5.82 Å². The molecule has 0 amide bonds. The van der Waals surface area contributed by atoms with Crippen LogP contribution in [0.25, 0.3) is 0 Å². The molecule has 0 atom stereocenters. The third-order valence-electron chi connectivity index (χ3n) is 3.12. The van der Waals surface area contributed by atoms with Gasteiger partial charge in [-0.25, -0.2) is 9.37 Å². The third-order valence-corrected chi connectivity index (χ3v) is 4.98. The Morgan fingerprint density at radius 3 is 2.64 bits per heavy atom. The molecule has 114 valence electrons. The summed E-state index contributed by atoms with van der Waals surface area (Å²) in [5, 5.41) is 13.4. The Morgan fingerprint density at radius 2 is 1.95 bits per heavy atom. The van der Waals surface area contributed by atoms with Gasteiger partial charge in [-0.1, -0.05) is 23.5 Å². The summed E-state index contributed by atoms with van der Waals surface area (Å²) < 4.78 is 12.9. The number of aromatic nitrogens is 3. The van der Waals surface area contributed by atoms with Crippen molar-refractivity contribution in [1.29, 1.82) is 0 Å². The molecule has 3 rings (SSSR count). The maximum absolute atomic E-state index is 12.9. The molecule has 0 unspecified atom stereocenters. The average Bonchev–Trinajstić information content (AvgIpc) is 3.11. The molecule has 2 heterocycles. The van der Waals surface area contributed by atoms with E-state index < -0.39 is 0 Å². The van der Waals surface area contributed by atoms with E-state index in [1.807, 2.05) is 18.9 Å². The zero-order valence-corrected chi connectivity index (χ0v) is 13.9. The highest BCUT2D eigenvalue weighted by Gasteiger charge is 2.11. The van der Waals surface area contributed by atoms with Gasteiger partial charge >= 0.3 is 0 Å². The third kappa shape index (κ3) is 3.66. The zero-order valence-electron chi connectivity index (χ0n) is 12.3. The van der Waals surface area contributed by atoms with Gasteiger partial charge in [-0.05, 0) is 24.6 Å². The van der Waals surface area contributed by atoms with Crippen molar-refractivity contribution in [3.63, 3.8) is 0 Å². The van der Waals surface area contributed by atoms with Crippen LogP contribution in [0.15, 0.2) is 29.6 Å². The van der Waals surface area contributed by atoms with Crippen LogP contribution >= 0.6 is 22.7 Å². The molecule has 0 radical (unpaired) electrons. The minimum absolute atomic E-state index is 0.222. The fraction of sp³-hybridized carbons (Fsp3) is 0.267. The number of halogens is 1. The molecule has 1 aromatic carbocycles. The Bertz CT molecular complexity index is 751. The van der Waals surface area contributed by atoms with E-state index in [4.69, 9.17) is 0 Å². The van der Waals surface area contributed by atoms with Gasteiger partial charge in [-0.15, -0.1) is 21.5 Å². The van der Waals surface area contributed by atoms with Crippen LogP contribution in [0.1, 0.15) is 21.3 Å². The first-order valence-corrected chi connectivity index (χ1v) is 8.49. The van der Waals surface area contributed by atoms with Crippen molar-refractivity contribution in [2.24, 2.45) is 0 Å². The van der Waals surface area contributed by atoms with E-state index in [9.17, 15) is 4.39 Å². The van der Waals surface area contributed by atoms with Crippen LogP contribution in [0.3, 0.4) is 0 Å². The molecule has 0 saturated heterocycles. The highest BCUT2D eigenvalue weighted by Crippen LogP contribution is 2.23. The van der Waals surface area contributed by atoms with Crippen LogP contribution < -0.4 is 4.90 Å². The molecule has 4 nitrogen and oxygen atoms in total. The lowest BCUT2D eigenvalue weighted by atomic mass is 10.2. The second-order valence-corrected chi connectivity index (χ2v) is 7.10. The number of hydrogen-bond acceptors (Lipinski definition) is 6. The van der Waals surface area contributed by atoms with Gasteiger partial charge in [-0.2, -0.15) is 0 Å². The minimum Gasteiger partial charge on any atom is -0.344 e. The molecular weight excluding hydrogens is 319 g/mol. The molecule has 3 aromatic rings. The molecule has 0 aliphatic carbocycles. The summed E-state index contributed by atoms with van der Waals surface area (Å²) in [7, 11) is 1.98. The molecule has 0 fully saturated rings. The number of anilines is 1. The first-order chi connectivity index (χ1) is 10.6. The van der Waals surface area contributed by atoms with Gasteiger partial charge < -0.3 is 4.90 Å². The number of thiazole rings is 1. The summed E-state index contributed by atoms with van der Waals surface area (Å²) >= 11 is 3.20. The highest BCUT2D eigenvalue weighted by molar-refractivity contribution is 7.15. The minimum atomic E-state index is -0.222. The summed E-state index contributed by atoms with van der Waals surface area (Å²) in [5.41, 5.74) is 2.07. The van der Waals surface area contributed by atoms with Crippen LogP contribution in [-0.2, 0) is 13.0 Å². The Balaban J connectivity index is 1.66. The molecule has 0 saturated carbocycles. The molecule has 7 heteroatoms. The van der Waals surface area contributed by atoms with Gasteiger partial charge in [0.2, 0.25) is 5.13 Å². The molecule has 0 spiro atoms. The Labute approximate surface area is 136 Å². The van der Waals surface area contributed by atoms with Gasteiger partial charge in [0, 0.05) is 18.8 Å². The van der Waals surface area contributed by atoms with Crippen molar-refractivity contribution in [1.82, 2.24) is 15.2 Å². The molecule has 22 heavy (non-hydrogen) atoms. The molecular formula is C15H15FN4S2. The van der Waals surface area contributed by atoms with Crippen LogP contribution in [0.2, 0.25) is 0 Å². The Morgan fingerprint density at radius 1 is 1.18 bits per heavy atom. The monoisotopic (exact) mass is 334 g/mol. The second kappa shape index (κ2) is 6.50. The summed E-state index contributed by atoms with van der Waals surface area (Å²) in [5.74, 6) is -0.222. The highest BCUT2D eigenvalue weighted by atomic mass is 32.1. The van der Waals surface area contributed by atoms with Crippen molar-refractivity contribution in [3.05, 3.63) is 56.7 Å². The fourth-order valence-corrected chi connectivity index (χ4v) is 3.48. The number of nitrogens with zero attached hydrogens (tertiary/aromatic N) is 4. The number of benzene rings is 1. The quantitative estimate of drug-likeness (QED) is 0.714. The normalized spacial score (nSPS) is 10.9. The van der Waals surface area contributed by atoms with Gasteiger partial charge in [0.1, 0.15) is 10.8 Å². The first kappa shape index (κ1) is 15.1. The van der Waals surface area contributed by atoms with E-state index in [2.05, 4.69) is 20.6 Å². The van der Waals surface area contributed by atoms with Crippen LogP contribution in [0, 0.1) is 12.7 Å². The Kier molecular flexibility index (Phi) is 4.44. The zero-order chi connectivity index (χ0) is 15.5. The molecule has 0 bridgehead atoms. The van der Waals surface area contributed by atoms with E-state index in [1.54, 1.807) is 34.8 Å². The summed E-state index contributed by atoms with van der Waals surface area (Å²) in [6, 6.07) is 6.48. The predicted octanol–water partition coefficient (Wildman–Crippen LogP) is 3.67. The largest absolute Gasteiger partial charge is 0.344 e. The molecule has 0 aliphatic rings. The summed E-state index contributed by atoms with van der Waals surface area (Å²) in [6.07, 6.45) is 0.668. The average molecular weight is 334 g/mol. The Hall–Kier alpha value is -1.86. The van der Waals surface area contributed by atoms with Gasteiger partial charge in [0.25, 0.3) is 0 Å². The maximum atomic E-state index is 12.9. The van der Waals surface area contributed by atoms with E-state index in [0.717, 1.165) is 32.9 Å². The number of aryl methyl sites for hydroxylation is 1. The molecule has 0 N–H and O–H groups in total. The topological polar surface area (TPSA) is 41.9 Å². The van der Waals surface area contributed by atoms with Crippen LogP contribution in [0.5, 0.6) is 0 Å².